The van der Waals surface area contributed by atoms with E-state index in [9.17, 15) is 18.3 Å². The zero-order chi connectivity index (χ0) is 30.6. The minimum absolute atomic E-state index is 0.132. The molecule has 2 heterocycles. The Morgan fingerprint density at radius 1 is 1.14 bits per heavy atom. The monoisotopic (exact) mass is 638 g/mol. The van der Waals surface area contributed by atoms with Crippen molar-refractivity contribution in [2.75, 3.05) is 24.6 Å². The summed E-state index contributed by atoms with van der Waals surface area (Å²) in [6.45, 7) is 3.87. The van der Waals surface area contributed by atoms with E-state index in [2.05, 4.69) is 21.8 Å². The van der Waals surface area contributed by atoms with Crippen molar-refractivity contribution in [3.63, 3.8) is 0 Å². The van der Waals surface area contributed by atoms with Crippen molar-refractivity contribution >= 4 is 33.2 Å². The molecule has 5 aliphatic rings. The smallest absolute Gasteiger partial charge is 0.264 e. The largest absolute Gasteiger partial charge is 0.490 e. The summed E-state index contributed by atoms with van der Waals surface area (Å²) in [4.78, 5) is 15.9. The first-order chi connectivity index (χ1) is 21.1. The fourth-order valence-corrected chi connectivity index (χ4v) is 10.1. The maximum Gasteiger partial charge on any atom is 0.264 e. The van der Waals surface area contributed by atoms with Crippen LogP contribution in [0, 0.1) is 23.7 Å². The molecule has 9 heteroatoms. The zero-order valence-electron chi connectivity index (χ0n) is 25.4. The molecule has 2 fully saturated rings. The first-order valence-electron chi connectivity index (χ1n) is 16.3. The number of aliphatic hydroxyl groups excluding tert-OH is 1. The van der Waals surface area contributed by atoms with Crippen molar-refractivity contribution in [3.05, 3.63) is 70.3 Å². The Balaban J connectivity index is 1.28. The number of aliphatic hydroxyl groups is 1. The highest BCUT2D eigenvalue weighted by Crippen LogP contribution is 2.47. The van der Waals surface area contributed by atoms with Crippen LogP contribution in [0.1, 0.15) is 79.8 Å². The van der Waals surface area contributed by atoms with Crippen molar-refractivity contribution in [1.82, 2.24) is 4.72 Å². The summed E-state index contributed by atoms with van der Waals surface area (Å²) in [5, 5.41) is 11.3. The number of ether oxygens (including phenoxy) is 1. The predicted molar refractivity (Wildman–Crippen MR) is 173 cm³/mol. The molecule has 2 aromatic rings. The van der Waals surface area contributed by atoms with Gasteiger partial charge in [0.2, 0.25) is 10.0 Å². The van der Waals surface area contributed by atoms with E-state index in [0.29, 0.717) is 43.2 Å². The number of hydrogen-bond donors (Lipinski definition) is 2. The van der Waals surface area contributed by atoms with Gasteiger partial charge in [0.15, 0.2) is 0 Å². The predicted octanol–water partition coefficient (Wildman–Crippen LogP) is 6.02. The van der Waals surface area contributed by atoms with Crippen molar-refractivity contribution in [1.29, 1.82) is 0 Å². The van der Waals surface area contributed by atoms with Crippen LogP contribution < -0.4 is 14.4 Å². The summed E-state index contributed by atoms with van der Waals surface area (Å²) in [7, 11) is -3.93. The van der Waals surface area contributed by atoms with Gasteiger partial charge >= 0.3 is 0 Å². The van der Waals surface area contributed by atoms with Gasteiger partial charge in [-0.15, -0.1) is 0 Å². The average molecular weight is 639 g/mol. The third-order valence-corrected chi connectivity index (χ3v) is 13.2. The summed E-state index contributed by atoms with van der Waals surface area (Å²) in [6.07, 6.45) is 11.4. The number of sulfonamides is 1. The van der Waals surface area contributed by atoms with E-state index < -0.39 is 27.3 Å². The van der Waals surface area contributed by atoms with E-state index in [0.717, 1.165) is 62.2 Å². The van der Waals surface area contributed by atoms with E-state index in [1.807, 2.05) is 31.2 Å². The van der Waals surface area contributed by atoms with Crippen LogP contribution in [0.15, 0.2) is 48.6 Å². The lowest BCUT2D eigenvalue weighted by Crippen LogP contribution is -2.49. The number of benzene rings is 2. The van der Waals surface area contributed by atoms with Crippen molar-refractivity contribution in [3.8, 4) is 5.75 Å². The van der Waals surface area contributed by atoms with Gasteiger partial charge in [-0.3, -0.25) is 4.79 Å². The number of rotatable bonds is 2. The molecule has 2 N–H and O–H groups in total. The van der Waals surface area contributed by atoms with Crippen LogP contribution >= 0.6 is 11.6 Å². The number of anilines is 1. The number of fused-ring (bicyclic) bond motifs is 4. The molecule has 1 amide bonds. The summed E-state index contributed by atoms with van der Waals surface area (Å²) in [5.74, 6) is 0.716. The van der Waals surface area contributed by atoms with Crippen LogP contribution in [0.25, 0.3) is 0 Å². The van der Waals surface area contributed by atoms with E-state index in [4.69, 9.17) is 16.3 Å². The van der Waals surface area contributed by atoms with Crippen LogP contribution in [0.3, 0.4) is 0 Å². The van der Waals surface area contributed by atoms with Crippen LogP contribution in [-0.2, 0) is 21.9 Å². The first kappa shape index (κ1) is 30.1. The van der Waals surface area contributed by atoms with Crippen LogP contribution in [-0.4, -0.2) is 50.5 Å². The maximum absolute atomic E-state index is 13.7. The number of carbonyl (C=O) groups is 1. The number of carbonyl (C=O) groups excluding carboxylic acids is 1. The van der Waals surface area contributed by atoms with Gasteiger partial charge in [0, 0.05) is 29.1 Å². The minimum Gasteiger partial charge on any atom is -0.490 e. The highest BCUT2D eigenvalue weighted by molar-refractivity contribution is 7.90. The Kier molecular flexibility index (Phi) is 7.99. The lowest BCUT2D eigenvalue weighted by molar-refractivity contribution is 0.0455. The molecule has 3 aliphatic carbocycles. The fraction of sp³-hybridized carbons (Fsp3) is 0.571. The average Bonchev–Trinajstić information content (AvgIpc) is 3.81. The highest BCUT2D eigenvalue weighted by atomic mass is 35.5. The second kappa shape index (κ2) is 11.7. The van der Waals surface area contributed by atoms with Crippen LogP contribution in [0.4, 0.5) is 5.69 Å². The van der Waals surface area contributed by atoms with Gasteiger partial charge in [-0.2, -0.15) is 0 Å². The summed E-state index contributed by atoms with van der Waals surface area (Å²) >= 11 is 6.41. The molecule has 2 saturated carbocycles. The Hall–Kier alpha value is -2.55. The van der Waals surface area contributed by atoms with Gasteiger partial charge in [0.1, 0.15) is 5.75 Å². The molecule has 0 aromatic heterocycles. The van der Waals surface area contributed by atoms with Crippen molar-refractivity contribution < 1.29 is 23.1 Å². The zero-order valence-corrected chi connectivity index (χ0v) is 27.0. The molecule has 7 rings (SSSR count). The number of nitrogens with zero attached hydrogens (tertiary/aromatic N) is 1. The Morgan fingerprint density at radius 3 is 2.75 bits per heavy atom. The van der Waals surface area contributed by atoms with Crippen molar-refractivity contribution in [2.45, 2.75) is 81.5 Å². The van der Waals surface area contributed by atoms with Gasteiger partial charge in [0.25, 0.3) is 5.91 Å². The molecule has 2 aromatic carbocycles. The van der Waals surface area contributed by atoms with E-state index in [1.54, 1.807) is 12.1 Å². The Morgan fingerprint density at radius 2 is 1.98 bits per heavy atom. The Bertz CT molecular complexity index is 1570. The minimum atomic E-state index is -3.93. The number of amides is 1. The Labute approximate surface area is 266 Å². The van der Waals surface area contributed by atoms with E-state index >= 15 is 0 Å². The highest BCUT2D eigenvalue weighted by Gasteiger charge is 2.44. The van der Waals surface area contributed by atoms with Gasteiger partial charge in [-0.1, -0.05) is 49.6 Å². The molecule has 0 saturated heterocycles. The third-order valence-electron chi connectivity index (χ3n) is 11.0. The van der Waals surface area contributed by atoms with E-state index in [-0.39, 0.29) is 23.2 Å². The second-order valence-electron chi connectivity index (χ2n) is 14.1. The molecule has 2 bridgehead atoms. The van der Waals surface area contributed by atoms with Crippen molar-refractivity contribution in [2.24, 2.45) is 23.7 Å². The summed E-state index contributed by atoms with van der Waals surface area (Å²) in [5.41, 5.74) is 3.38. The van der Waals surface area contributed by atoms with Crippen LogP contribution in [0.5, 0.6) is 5.75 Å². The number of allylic oxidation sites excluding steroid dienone is 1. The topological polar surface area (TPSA) is 95.9 Å². The van der Waals surface area contributed by atoms with E-state index in [1.165, 1.54) is 11.1 Å². The number of hydrogen-bond acceptors (Lipinski definition) is 6. The molecule has 2 aliphatic heterocycles. The molecule has 0 unspecified atom stereocenters. The SMILES string of the molecule is C[C@@H]1C/C=C\[C@@H](O)[C@@H]2CC[C@H]2CN2C[C@@]3(CCCc4cc(Cl)ccc43)COc3ccc(cc32)C(=O)NS(=O)(=O)[C@@H]1CC1CC1. The fourth-order valence-electron chi connectivity index (χ4n) is 8.15. The molecular weight excluding hydrogens is 596 g/mol. The number of halogens is 1. The maximum atomic E-state index is 13.7. The quantitative estimate of drug-likeness (QED) is 0.391. The van der Waals surface area contributed by atoms with Gasteiger partial charge < -0.3 is 14.7 Å². The van der Waals surface area contributed by atoms with Gasteiger partial charge in [-0.05, 0) is 110 Å². The molecule has 7 nitrogen and oxygen atoms in total. The lowest BCUT2D eigenvalue weighted by Gasteiger charge is -2.45. The second-order valence-corrected chi connectivity index (χ2v) is 16.4. The molecular formula is C35H43ClN2O5S. The molecule has 236 valence electrons. The standard InChI is InChI=1S/C35H43ClN2O5S/c1-22-4-2-6-31(39)28-12-9-26(28)19-38-20-35(15-3-5-24-17-27(36)11-13-29(24)35)21-43-32-14-10-25(18-30(32)38)34(40)37-44(41,42)33(22)16-23-7-8-23/h2,6,10-11,13-14,17-18,22-23,26,28,31,33,39H,3-5,7-9,12,15-16,19-21H2,1H3,(H,37,40)/b6-2-/t22-,26+,28-,31-,33-,35+/m1/s1. The third kappa shape index (κ3) is 5.78. The lowest BCUT2D eigenvalue weighted by atomic mass is 9.68. The summed E-state index contributed by atoms with van der Waals surface area (Å²) in [6, 6.07) is 11.5. The molecule has 6 atom stereocenters. The normalized spacial score (nSPS) is 34.0. The first-order valence-corrected chi connectivity index (χ1v) is 18.3. The summed E-state index contributed by atoms with van der Waals surface area (Å²) < 4.78 is 36.4. The van der Waals surface area contributed by atoms with Gasteiger partial charge in [-0.25, -0.2) is 13.1 Å². The number of aryl methyl sites for hydroxylation is 1. The molecule has 44 heavy (non-hydrogen) atoms. The van der Waals surface area contributed by atoms with Gasteiger partial charge in [0.05, 0.1) is 23.6 Å². The molecule has 0 radical (unpaired) electrons. The van der Waals surface area contributed by atoms with Crippen LogP contribution in [0.2, 0.25) is 5.02 Å². The number of nitrogens with one attached hydrogen (secondary N) is 1. The molecule has 1 spiro atoms.